The third-order valence-electron chi connectivity index (χ3n) is 3.29. The van der Waals surface area contributed by atoms with Crippen molar-refractivity contribution in [1.29, 1.82) is 0 Å². The maximum absolute atomic E-state index is 13.1. The van der Waals surface area contributed by atoms with Crippen LogP contribution in [0.3, 0.4) is 0 Å². The minimum atomic E-state index is -0.691. The Bertz CT molecular complexity index is 810. The number of aliphatic hydroxyl groups excluding tert-OH is 1. The molecule has 0 radical (unpaired) electrons. The number of benzene rings is 2. The van der Waals surface area contributed by atoms with Crippen LogP contribution in [0.2, 0.25) is 0 Å². The van der Waals surface area contributed by atoms with Gasteiger partial charge in [-0.15, -0.1) is 0 Å². The molecule has 0 aliphatic carbocycles. The maximum atomic E-state index is 13.1. The minimum Gasteiger partial charge on any atom is -0.392 e. The van der Waals surface area contributed by atoms with Crippen molar-refractivity contribution in [3.05, 3.63) is 70.3 Å². The van der Waals surface area contributed by atoms with Gasteiger partial charge in [-0.2, -0.15) is 0 Å². The molecular weight excluding hydrogens is 346 g/mol. The first kappa shape index (κ1) is 20.9. The molecule has 2 aromatic carbocycles. The average Bonchev–Trinajstić information content (AvgIpc) is 2.66. The number of nitrogens with one attached hydrogen (secondary N) is 2. The fourth-order valence-electron chi connectivity index (χ4n) is 1.90. The van der Waals surface area contributed by atoms with Crippen molar-refractivity contribution in [2.45, 2.75) is 6.61 Å². The van der Waals surface area contributed by atoms with Crippen LogP contribution < -0.4 is 10.6 Å². The first-order chi connectivity index (χ1) is 12.4. The molecule has 0 saturated heterocycles. The molecule has 3 N–H and O–H groups in total. The molecule has 0 aromatic heterocycles. The van der Waals surface area contributed by atoms with Crippen molar-refractivity contribution < 1.29 is 28.3 Å². The van der Waals surface area contributed by atoms with Gasteiger partial charge in [0.15, 0.2) is 0 Å². The smallest absolute Gasteiger partial charge is 0.253 e. The molecule has 0 bridgehead atoms. The zero-order valence-electron chi connectivity index (χ0n) is 14.2. The second-order valence-corrected chi connectivity index (χ2v) is 4.99. The number of carbonyl (C=O) groups is 3. The second-order valence-electron chi connectivity index (χ2n) is 4.99. The van der Waals surface area contributed by atoms with Crippen molar-refractivity contribution in [3.8, 4) is 0 Å². The normalized spacial score (nSPS) is 9.58. The van der Waals surface area contributed by atoms with Crippen LogP contribution in [0.15, 0.2) is 36.4 Å². The molecule has 0 unspecified atom stereocenters. The zero-order chi connectivity index (χ0) is 19.7. The van der Waals surface area contributed by atoms with Crippen molar-refractivity contribution >= 4 is 18.1 Å². The summed E-state index contributed by atoms with van der Waals surface area (Å²) in [4.78, 5) is 32.3. The summed E-state index contributed by atoms with van der Waals surface area (Å²) in [6.45, 7) is -0.231. The molecule has 2 amide bonds. The Morgan fingerprint density at radius 2 is 1.46 bits per heavy atom. The Labute approximate surface area is 148 Å². The van der Waals surface area contributed by atoms with Gasteiger partial charge >= 0.3 is 0 Å². The fourth-order valence-corrected chi connectivity index (χ4v) is 1.90. The van der Waals surface area contributed by atoms with Crippen molar-refractivity contribution in [3.63, 3.8) is 0 Å². The van der Waals surface area contributed by atoms with Gasteiger partial charge in [-0.1, -0.05) is 12.1 Å². The standard InChI is InChI=1S/C9H10FNO2.C9H8FNO2/c2*1-11-9(13)7-3-2-6(5-12)4-8(7)10/h2-4,12H,5H2,1H3,(H,11,13);2-5H,1H3,(H,11,13). The van der Waals surface area contributed by atoms with Gasteiger partial charge in [0.05, 0.1) is 17.7 Å². The second kappa shape index (κ2) is 10.00. The monoisotopic (exact) mass is 364 g/mol. The van der Waals surface area contributed by atoms with E-state index in [1.807, 2.05) is 0 Å². The first-order valence-electron chi connectivity index (χ1n) is 7.46. The molecule has 2 rings (SSSR count). The highest BCUT2D eigenvalue weighted by molar-refractivity contribution is 5.95. The van der Waals surface area contributed by atoms with E-state index in [-0.39, 0.29) is 23.3 Å². The van der Waals surface area contributed by atoms with E-state index in [0.717, 1.165) is 12.1 Å². The summed E-state index contributed by atoms with van der Waals surface area (Å²) in [5, 5.41) is 13.3. The van der Waals surface area contributed by atoms with Gasteiger partial charge in [-0.05, 0) is 29.8 Å². The summed E-state index contributed by atoms with van der Waals surface area (Å²) in [7, 11) is 2.84. The highest BCUT2D eigenvalue weighted by atomic mass is 19.1. The first-order valence-corrected chi connectivity index (χ1v) is 7.46. The van der Waals surface area contributed by atoms with Gasteiger partial charge in [0, 0.05) is 19.7 Å². The molecule has 8 heteroatoms. The lowest BCUT2D eigenvalue weighted by Crippen LogP contribution is -2.19. The lowest BCUT2D eigenvalue weighted by molar-refractivity contribution is 0.0950. The summed E-state index contributed by atoms with van der Waals surface area (Å²) in [6.07, 6.45) is 0.525. The number of aldehydes is 1. The van der Waals surface area contributed by atoms with Crippen LogP contribution in [0.25, 0.3) is 0 Å². The Morgan fingerprint density at radius 1 is 0.962 bits per heavy atom. The van der Waals surface area contributed by atoms with E-state index < -0.39 is 23.4 Å². The predicted octanol–water partition coefficient (Wildman–Crippen LogP) is 1.68. The van der Waals surface area contributed by atoms with Gasteiger partial charge in [0.25, 0.3) is 11.8 Å². The molecule has 0 atom stereocenters. The van der Waals surface area contributed by atoms with Crippen LogP contribution in [-0.4, -0.2) is 37.3 Å². The molecule has 0 heterocycles. The van der Waals surface area contributed by atoms with E-state index in [1.54, 1.807) is 0 Å². The molecule has 2 aromatic rings. The van der Waals surface area contributed by atoms with E-state index in [1.165, 1.54) is 38.4 Å². The van der Waals surface area contributed by atoms with Crippen LogP contribution in [0.5, 0.6) is 0 Å². The molecular formula is C18H18F2N2O4. The summed E-state index contributed by atoms with van der Waals surface area (Å²) in [5.74, 6) is -2.29. The number of halogens is 2. The molecule has 0 saturated carbocycles. The molecule has 0 fully saturated rings. The third kappa shape index (κ3) is 5.45. The Hall–Kier alpha value is -3.13. The quantitative estimate of drug-likeness (QED) is 0.720. The van der Waals surface area contributed by atoms with Gasteiger partial charge in [0.1, 0.15) is 17.9 Å². The molecule has 0 spiro atoms. The maximum Gasteiger partial charge on any atom is 0.253 e. The molecule has 0 aliphatic heterocycles. The minimum absolute atomic E-state index is 0.0142. The van der Waals surface area contributed by atoms with E-state index in [0.29, 0.717) is 11.8 Å². The fraction of sp³-hybridized carbons (Fsp3) is 0.167. The zero-order valence-corrected chi connectivity index (χ0v) is 14.2. The molecule has 0 aliphatic rings. The van der Waals surface area contributed by atoms with E-state index >= 15 is 0 Å². The molecule has 138 valence electrons. The highest BCUT2D eigenvalue weighted by Crippen LogP contribution is 2.10. The predicted molar refractivity (Wildman–Crippen MR) is 90.9 cm³/mol. The van der Waals surface area contributed by atoms with E-state index in [2.05, 4.69) is 10.6 Å². The summed E-state index contributed by atoms with van der Waals surface area (Å²) < 4.78 is 26.2. The highest BCUT2D eigenvalue weighted by Gasteiger charge is 2.10. The van der Waals surface area contributed by atoms with Crippen LogP contribution in [0.4, 0.5) is 8.78 Å². The van der Waals surface area contributed by atoms with Crippen LogP contribution in [0, 0.1) is 11.6 Å². The Balaban J connectivity index is 0.000000260. The van der Waals surface area contributed by atoms with Crippen molar-refractivity contribution in [1.82, 2.24) is 10.6 Å². The van der Waals surface area contributed by atoms with E-state index in [9.17, 15) is 23.2 Å². The number of rotatable bonds is 4. The van der Waals surface area contributed by atoms with Crippen LogP contribution >= 0.6 is 0 Å². The van der Waals surface area contributed by atoms with Gasteiger partial charge in [-0.3, -0.25) is 14.4 Å². The van der Waals surface area contributed by atoms with E-state index in [4.69, 9.17) is 5.11 Å². The van der Waals surface area contributed by atoms with Gasteiger partial charge < -0.3 is 15.7 Å². The largest absolute Gasteiger partial charge is 0.392 e. The summed E-state index contributed by atoms with van der Waals surface area (Å²) >= 11 is 0. The van der Waals surface area contributed by atoms with Gasteiger partial charge in [-0.25, -0.2) is 8.78 Å². The Kier molecular flexibility index (Phi) is 8.04. The summed E-state index contributed by atoms with van der Waals surface area (Å²) in [6, 6.07) is 7.69. The number of amides is 2. The molecule has 26 heavy (non-hydrogen) atoms. The lowest BCUT2D eigenvalue weighted by atomic mass is 10.1. The Morgan fingerprint density at radius 3 is 1.85 bits per heavy atom. The van der Waals surface area contributed by atoms with Crippen LogP contribution in [0.1, 0.15) is 36.6 Å². The summed E-state index contributed by atoms with van der Waals surface area (Å²) in [5.41, 5.74) is 0.586. The number of hydrogen-bond donors (Lipinski definition) is 3. The molecule has 6 nitrogen and oxygen atoms in total. The SMILES string of the molecule is CNC(=O)c1ccc(C=O)cc1F.CNC(=O)c1ccc(CO)cc1F. The van der Waals surface area contributed by atoms with Crippen molar-refractivity contribution in [2.24, 2.45) is 0 Å². The average molecular weight is 364 g/mol. The lowest BCUT2D eigenvalue weighted by Gasteiger charge is -2.02. The number of carbonyl (C=O) groups excluding carboxylic acids is 3. The topological polar surface area (TPSA) is 95.5 Å². The van der Waals surface area contributed by atoms with Crippen LogP contribution in [-0.2, 0) is 6.61 Å². The number of hydrogen-bond acceptors (Lipinski definition) is 4. The van der Waals surface area contributed by atoms with Gasteiger partial charge in [0.2, 0.25) is 0 Å². The third-order valence-corrected chi connectivity index (χ3v) is 3.29. The van der Waals surface area contributed by atoms with Crippen molar-refractivity contribution in [2.75, 3.05) is 14.1 Å². The number of aliphatic hydroxyl groups is 1.